The molecule has 0 unspecified atom stereocenters. The highest BCUT2D eigenvalue weighted by Gasteiger charge is 2.37. The maximum Gasteiger partial charge on any atom is 0.407 e. The van der Waals surface area contributed by atoms with Gasteiger partial charge in [-0.3, -0.25) is 0 Å². The Balaban J connectivity index is 3.03. The molecule has 0 amide bonds. The molecule has 1 aromatic rings. The third-order valence-electron chi connectivity index (χ3n) is 1.94. The molecule has 14 heavy (non-hydrogen) atoms. The quantitative estimate of drug-likeness (QED) is 0.738. The molecule has 0 saturated carbocycles. The number of aromatic hydroxyl groups is 1. The molecule has 0 spiro atoms. The van der Waals surface area contributed by atoms with Crippen molar-refractivity contribution in [2.75, 3.05) is 0 Å². The van der Waals surface area contributed by atoms with Crippen LogP contribution in [0.3, 0.4) is 0 Å². The SMILES string of the molecule is Cc1ccc([C@@H](N)C(F)(F)F)cc1O. The molecule has 1 atom stereocenters. The number of nitrogens with two attached hydrogens (primary N) is 1. The molecule has 5 heteroatoms. The minimum absolute atomic E-state index is 0.138. The van der Waals surface area contributed by atoms with Gasteiger partial charge in [-0.2, -0.15) is 13.2 Å². The minimum Gasteiger partial charge on any atom is -0.508 e. The predicted molar refractivity (Wildman–Crippen MR) is 45.8 cm³/mol. The first-order valence-corrected chi connectivity index (χ1v) is 3.94. The van der Waals surface area contributed by atoms with Crippen LogP contribution in [0, 0.1) is 6.92 Å². The van der Waals surface area contributed by atoms with E-state index in [-0.39, 0.29) is 11.3 Å². The number of hydrogen-bond acceptors (Lipinski definition) is 2. The van der Waals surface area contributed by atoms with Crippen molar-refractivity contribution in [1.82, 2.24) is 0 Å². The number of phenolic OH excluding ortho intramolecular Hbond substituents is 1. The van der Waals surface area contributed by atoms with Gasteiger partial charge in [0.1, 0.15) is 11.8 Å². The monoisotopic (exact) mass is 205 g/mol. The van der Waals surface area contributed by atoms with E-state index in [0.717, 1.165) is 6.07 Å². The van der Waals surface area contributed by atoms with Crippen LogP contribution in [-0.2, 0) is 0 Å². The van der Waals surface area contributed by atoms with Crippen molar-refractivity contribution >= 4 is 0 Å². The lowest BCUT2D eigenvalue weighted by Crippen LogP contribution is -2.28. The molecule has 0 aliphatic carbocycles. The summed E-state index contributed by atoms with van der Waals surface area (Å²) in [6, 6.07) is 1.64. The Hall–Kier alpha value is -1.23. The molecule has 0 saturated heterocycles. The van der Waals surface area contributed by atoms with Crippen molar-refractivity contribution in [2.24, 2.45) is 5.73 Å². The zero-order valence-corrected chi connectivity index (χ0v) is 7.47. The fourth-order valence-corrected chi connectivity index (χ4v) is 1.01. The number of hydrogen-bond donors (Lipinski definition) is 2. The normalized spacial score (nSPS) is 14.1. The molecule has 0 radical (unpaired) electrons. The molecule has 0 aliphatic heterocycles. The van der Waals surface area contributed by atoms with Crippen LogP contribution in [0.1, 0.15) is 17.2 Å². The summed E-state index contributed by atoms with van der Waals surface area (Å²) in [6.45, 7) is 1.60. The second kappa shape index (κ2) is 3.49. The Labute approximate surface area is 79.2 Å². The van der Waals surface area contributed by atoms with Crippen LogP contribution in [0.5, 0.6) is 5.75 Å². The summed E-state index contributed by atoms with van der Waals surface area (Å²) in [7, 11) is 0. The van der Waals surface area contributed by atoms with E-state index in [1.165, 1.54) is 12.1 Å². The van der Waals surface area contributed by atoms with Gasteiger partial charge in [0.15, 0.2) is 0 Å². The van der Waals surface area contributed by atoms with E-state index in [2.05, 4.69) is 0 Å². The molecule has 0 bridgehead atoms. The maximum absolute atomic E-state index is 12.2. The van der Waals surface area contributed by atoms with Crippen molar-refractivity contribution in [3.05, 3.63) is 29.3 Å². The first-order valence-electron chi connectivity index (χ1n) is 3.94. The highest BCUT2D eigenvalue weighted by Crippen LogP contribution is 2.32. The summed E-state index contributed by atoms with van der Waals surface area (Å²) in [4.78, 5) is 0. The lowest BCUT2D eigenvalue weighted by atomic mass is 10.0. The van der Waals surface area contributed by atoms with Gasteiger partial charge in [0.2, 0.25) is 0 Å². The summed E-state index contributed by atoms with van der Waals surface area (Å²) >= 11 is 0. The summed E-state index contributed by atoms with van der Waals surface area (Å²) in [5, 5.41) is 9.19. The van der Waals surface area contributed by atoms with Crippen molar-refractivity contribution in [3.8, 4) is 5.75 Å². The van der Waals surface area contributed by atoms with E-state index in [0.29, 0.717) is 5.56 Å². The first-order chi connectivity index (χ1) is 6.32. The van der Waals surface area contributed by atoms with E-state index >= 15 is 0 Å². The van der Waals surface area contributed by atoms with Crippen LogP contribution in [0.15, 0.2) is 18.2 Å². The molecule has 1 aromatic carbocycles. The Morgan fingerprint density at radius 2 is 1.93 bits per heavy atom. The largest absolute Gasteiger partial charge is 0.508 e. The van der Waals surface area contributed by atoms with Crippen molar-refractivity contribution in [2.45, 2.75) is 19.1 Å². The van der Waals surface area contributed by atoms with Crippen LogP contribution >= 0.6 is 0 Å². The van der Waals surface area contributed by atoms with Gasteiger partial charge in [-0.05, 0) is 24.1 Å². The van der Waals surface area contributed by atoms with Gasteiger partial charge >= 0.3 is 6.18 Å². The second-order valence-electron chi connectivity index (χ2n) is 3.07. The summed E-state index contributed by atoms with van der Waals surface area (Å²) in [6.07, 6.45) is -4.48. The van der Waals surface area contributed by atoms with E-state index in [1.807, 2.05) is 0 Å². The smallest absolute Gasteiger partial charge is 0.407 e. The number of aryl methyl sites for hydroxylation is 1. The Kier molecular flexibility index (Phi) is 2.71. The minimum atomic E-state index is -4.48. The van der Waals surface area contributed by atoms with E-state index in [1.54, 1.807) is 6.92 Å². The lowest BCUT2D eigenvalue weighted by molar-refractivity contribution is -0.149. The summed E-state index contributed by atoms with van der Waals surface area (Å²) < 4.78 is 36.5. The molecule has 78 valence electrons. The van der Waals surface area contributed by atoms with Gasteiger partial charge in [0.25, 0.3) is 0 Å². The van der Waals surface area contributed by atoms with E-state index in [9.17, 15) is 18.3 Å². The van der Waals surface area contributed by atoms with Gasteiger partial charge in [0, 0.05) is 0 Å². The third kappa shape index (κ3) is 2.17. The molecule has 0 heterocycles. The Morgan fingerprint density at radius 3 is 2.36 bits per heavy atom. The van der Waals surface area contributed by atoms with Gasteiger partial charge < -0.3 is 10.8 Å². The van der Waals surface area contributed by atoms with Crippen LogP contribution in [-0.4, -0.2) is 11.3 Å². The molecular weight excluding hydrogens is 195 g/mol. The topological polar surface area (TPSA) is 46.2 Å². The van der Waals surface area contributed by atoms with E-state index < -0.39 is 12.2 Å². The van der Waals surface area contributed by atoms with Gasteiger partial charge in [0.05, 0.1) is 0 Å². The van der Waals surface area contributed by atoms with Crippen LogP contribution in [0.2, 0.25) is 0 Å². The zero-order valence-electron chi connectivity index (χ0n) is 7.47. The van der Waals surface area contributed by atoms with Gasteiger partial charge in [-0.15, -0.1) is 0 Å². The van der Waals surface area contributed by atoms with Gasteiger partial charge in [-0.25, -0.2) is 0 Å². The predicted octanol–water partition coefficient (Wildman–Crippen LogP) is 2.26. The first kappa shape index (κ1) is 10.8. The molecule has 1 rings (SSSR count). The van der Waals surface area contributed by atoms with Gasteiger partial charge in [-0.1, -0.05) is 12.1 Å². The molecule has 0 aliphatic rings. The highest BCUT2D eigenvalue weighted by atomic mass is 19.4. The maximum atomic E-state index is 12.2. The molecule has 3 N–H and O–H groups in total. The fraction of sp³-hybridized carbons (Fsp3) is 0.333. The molecule has 0 aromatic heterocycles. The highest BCUT2D eigenvalue weighted by molar-refractivity contribution is 5.36. The summed E-state index contributed by atoms with van der Waals surface area (Å²) in [5.74, 6) is -0.179. The number of halogens is 3. The average molecular weight is 205 g/mol. The second-order valence-corrected chi connectivity index (χ2v) is 3.07. The van der Waals surface area contributed by atoms with E-state index in [4.69, 9.17) is 5.73 Å². The number of rotatable bonds is 1. The van der Waals surface area contributed by atoms with Crippen molar-refractivity contribution < 1.29 is 18.3 Å². The number of alkyl halides is 3. The standard InChI is InChI=1S/C9H10F3NO/c1-5-2-3-6(4-7(5)14)8(13)9(10,11)12/h2-4,8,14H,13H2,1H3/t8-/m1/s1. The lowest BCUT2D eigenvalue weighted by Gasteiger charge is -2.16. The average Bonchev–Trinajstić information content (AvgIpc) is 2.07. The van der Waals surface area contributed by atoms with Crippen molar-refractivity contribution in [3.63, 3.8) is 0 Å². The molecule has 2 nitrogen and oxygen atoms in total. The molecule has 0 fully saturated rings. The Bertz CT molecular complexity index is 335. The summed E-state index contributed by atoms with van der Waals surface area (Å²) in [5.41, 5.74) is 5.33. The van der Waals surface area contributed by atoms with Crippen LogP contribution in [0.4, 0.5) is 13.2 Å². The molecular formula is C9H10F3NO. The van der Waals surface area contributed by atoms with Crippen LogP contribution < -0.4 is 5.73 Å². The fourth-order valence-electron chi connectivity index (χ4n) is 1.01. The number of phenols is 1. The van der Waals surface area contributed by atoms with Crippen LogP contribution in [0.25, 0.3) is 0 Å². The zero-order chi connectivity index (χ0) is 10.9. The Morgan fingerprint density at radius 1 is 1.36 bits per heavy atom. The van der Waals surface area contributed by atoms with Crippen molar-refractivity contribution in [1.29, 1.82) is 0 Å². The third-order valence-corrected chi connectivity index (χ3v) is 1.94. The number of benzene rings is 1.